The van der Waals surface area contributed by atoms with Crippen molar-refractivity contribution < 1.29 is 9.53 Å². The molecule has 0 aliphatic carbocycles. The standard InChI is InChI=1S/C28H39N9O2/c1-8-32-21-15-33-27(34-19-11-12-39-16-19)37-24(21)25(29)35-20-13-18(10-9-17(20)2)26(38)36-23(31-7)14-22(30-6)28(3,4)5/h8-10,13-15,19,31,35H,1,11-12,16,29H2,2-7H3,(H,34,37)(H,36,38)/b23-14+,25-24-,30-22+,32-21-. The van der Waals surface area contributed by atoms with E-state index in [0.717, 1.165) is 17.7 Å². The van der Waals surface area contributed by atoms with E-state index in [0.29, 0.717) is 47.7 Å². The van der Waals surface area contributed by atoms with Crippen molar-refractivity contribution in [3.05, 3.63) is 65.5 Å². The number of allylic oxidation sites excluding steroid dienone is 2. The summed E-state index contributed by atoms with van der Waals surface area (Å²) in [6.45, 7) is 13.1. The molecule has 1 atom stereocenters. The number of hydrogen-bond donors (Lipinski definition) is 5. The maximum Gasteiger partial charge on any atom is 0.256 e. The molecule has 11 nitrogen and oxygen atoms in total. The van der Waals surface area contributed by atoms with Crippen LogP contribution in [0.3, 0.4) is 0 Å². The molecular weight excluding hydrogens is 494 g/mol. The zero-order chi connectivity index (χ0) is 28.6. The van der Waals surface area contributed by atoms with Crippen LogP contribution in [-0.4, -0.2) is 62.9 Å². The predicted molar refractivity (Wildman–Crippen MR) is 159 cm³/mol. The lowest BCUT2D eigenvalue weighted by Gasteiger charge is -2.20. The number of nitrogens with zero attached hydrogens (tertiary/aromatic N) is 4. The molecule has 0 aromatic heterocycles. The summed E-state index contributed by atoms with van der Waals surface area (Å²) in [5, 5.41) is 12.4. The number of rotatable bonds is 8. The first-order valence-corrected chi connectivity index (χ1v) is 12.8. The second-order valence-corrected chi connectivity index (χ2v) is 10.1. The van der Waals surface area contributed by atoms with Crippen LogP contribution in [-0.2, 0) is 4.74 Å². The number of carbonyl (C=O) groups is 1. The van der Waals surface area contributed by atoms with Gasteiger partial charge in [0.25, 0.3) is 5.91 Å². The van der Waals surface area contributed by atoms with Gasteiger partial charge in [-0.3, -0.25) is 14.8 Å². The van der Waals surface area contributed by atoms with Crippen molar-refractivity contribution in [1.82, 2.24) is 16.0 Å². The molecule has 1 saturated heterocycles. The molecule has 39 heavy (non-hydrogen) atoms. The van der Waals surface area contributed by atoms with Gasteiger partial charge in [0.2, 0.25) is 5.96 Å². The van der Waals surface area contributed by atoms with Crippen LogP contribution in [0.2, 0.25) is 0 Å². The summed E-state index contributed by atoms with van der Waals surface area (Å²) in [6.07, 6.45) is 5.70. The van der Waals surface area contributed by atoms with E-state index < -0.39 is 0 Å². The van der Waals surface area contributed by atoms with Gasteiger partial charge in [-0.2, -0.15) is 0 Å². The van der Waals surface area contributed by atoms with E-state index in [9.17, 15) is 4.79 Å². The quantitative estimate of drug-likeness (QED) is 0.324. The van der Waals surface area contributed by atoms with Gasteiger partial charge in [0.1, 0.15) is 23.1 Å². The molecule has 1 amide bonds. The lowest BCUT2D eigenvalue weighted by Crippen LogP contribution is -2.36. The fraction of sp³-hybridized carbons (Fsp3) is 0.393. The number of carbonyl (C=O) groups excluding carboxylic acids is 1. The maximum atomic E-state index is 13.1. The van der Waals surface area contributed by atoms with Gasteiger partial charge in [-0.1, -0.05) is 33.4 Å². The van der Waals surface area contributed by atoms with Crippen molar-refractivity contribution in [2.45, 2.75) is 40.2 Å². The van der Waals surface area contributed by atoms with Gasteiger partial charge < -0.3 is 31.7 Å². The van der Waals surface area contributed by atoms with Gasteiger partial charge >= 0.3 is 0 Å². The van der Waals surface area contributed by atoms with Crippen LogP contribution in [0.25, 0.3) is 0 Å². The number of benzene rings is 1. The highest BCUT2D eigenvalue weighted by Crippen LogP contribution is 2.21. The second-order valence-electron chi connectivity index (χ2n) is 10.1. The predicted octanol–water partition coefficient (Wildman–Crippen LogP) is 2.85. The summed E-state index contributed by atoms with van der Waals surface area (Å²) < 4.78 is 5.42. The summed E-state index contributed by atoms with van der Waals surface area (Å²) >= 11 is 0. The van der Waals surface area contributed by atoms with Crippen LogP contribution in [0.15, 0.2) is 74.4 Å². The monoisotopic (exact) mass is 533 g/mol. The Bertz CT molecular complexity index is 1270. The number of guanidine groups is 1. The second kappa shape index (κ2) is 13.0. The van der Waals surface area contributed by atoms with Gasteiger partial charge in [0.15, 0.2) is 0 Å². The number of anilines is 1. The Morgan fingerprint density at radius 1 is 1.31 bits per heavy atom. The molecule has 1 aromatic carbocycles. The van der Waals surface area contributed by atoms with E-state index in [1.54, 1.807) is 32.4 Å². The molecule has 3 rings (SSSR count). The normalized spacial score (nSPS) is 20.4. The number of nitrogens with two attached hydrogens (primary N) is 1. The molecule has 0 spiro atoms. The van der Waals surface area contributed by atoms with Crippen LogP contribution in [0, 0.1) is 12.3 Å². The van der Waals surface area contributed by atoms with Gasteiger partial charge in [-0.25, -0.2) is 9.98 Å². The third-order valence-corrected chi connectivity index (χ3v) is 6.09. The van der Waals surface area contributed by atoms with Crippen LogP contribution in [0.1, 0.15) is 43.1 Å². The van der Waals surface area contributed by atoms with E-state index in [1.807, 2.05) is 19.1 Å². The van der Waals surface area contributed by atoms with Crippen LogP contribution < -0.4 is 27.0 Å². The maximum absolute atomic E-state index is 13.1. The van der Waals surface area contributed by atoms with E-state index >= 15 is 0 Å². The van der Waals surface area contributed by atoms with Crippen LogP contribution >= 0.6 is 0 Å². The van der Waals surface area contributed by atoms with Gasteiger partial charge in [0.05, 0.1) is 18.9 Å². The van der Waals surface area contributed by atoms with Crippen LogP contribution in [0.5, 0.6) is 0 Å². The highest BCUT2D eigenvalue weighted by molar-refractivity contribution is 6.41. The lowest BCUT2D eigenvalue weighted by molar-refractivity contribution is 0.0963. The molecule has 2 aliphatic heterocycles. The number of hydrogen-bond acceptors (Lipinski definition) is 10. The van der Waals surface area contributed by atoms with Crippen LogP contribution in [0.4, 0.5) is 5.69 Å². The molecule has 6 N–H and O–H groups in total. The minimum Gasteiger partial charge on any atom is -0.383 e. The summed E-state index contributed by atoms with van der Waals surface area (Å²) in [5.41, 5.74) is 10.0. The molecule has 11 heteroatoms. The first-order valence-electron chi connectivity index (χ1n) is 12.8. The Kier molecular flexibility index (Phi) is 9.78. The average molecular weight is 534 g/mol. The number of nitrogens with one attached hydrogen (secondary N) is 4. The molecular formula is C28H39N9O2. The Labute approximate surface area is 230 Å². The average Bonchev–Trinajstić information content (AvgIpc) is 3.40. The summed E-state index contributed by atoms with van der Waals surface area (Å²) in [4.78, 5) is 30.7. The van der Waals surface area contributed by atoms with Gasteiger partial charge in [-0.05, 0) is 31.0 Å². The number of aliphatic imine (C=N–C) groups is 4. The smallest absolute Gasteiger partial charge is 0.256 e. The minimum absolute atomic E-state index is 0.131. The van der Waals surface area contributed by atoms with Crippen molar-refractivity contribution in [3.63, 3.8) is 0 Å². The number of ether oxygens (including phenoxy) is 1. The zero-order valence-corrected chi connectivity index (χ0v) is 23.6. The number of aryl methyl sites for hydroxylation is 1. The molecule has 208 valence electrons. The summed E-state index contributed by atoms with van der Waals surface area (Å²) in [5.74, 6) is 0.946. The van der Waals surface area contributed by atoms with E-state index in [1.165, 1.54) is 6.20 Å². The molecule has 1 unspecified atom stereocenters. The Morgan fingerprint density at radius 2 is 2.08 bits per heavy atom. The topological polar surface area (TPSA) is 150 Å². The molecule has 1 fully saturated rings. The van der Waals surface area contributed by atoms with Crippen molar-refractivity contribution in [2.75, 3.05) is 32.6 Å². The fourth-order valence-electron chi connectivity index (χ4n) is 3.89. The summed E-state index contributed by atoms with van der Waals surface area (Å²) in [6, 6.07) is 5.48. The first-order chi connectivity index (χ1) is 18.5. The number of amides is 1. The largest absolute Gasteiger partial charge is 0.383 e. The van der Waals surface area contributed by atoms with E-state index in [2.05, 4.69) is 68.6 Å². The fourth-order valence-corrected chi connectivity index (χ4v) is 3.89. The van der Waals surface area contributed by atoms with Gasteiger partial charge in [-0.15, -0.1) is 0 Å². The molecule has 0 radical (unpaired) electrons. The highest BCUT2D eigenvalue weighted by Gasteiger charge is 2.21. The van der Waals surface area contributed by atoms with Crippen molar-refractivity contribution >= 4 is 35.2 Å². The molecule has 2 aliphatic rings. The molecule has 0 bridgehead atoms. The molecule has 0 saturated carbocycles. The van der Waals surface area contributed by atoms with Crippen molar-refractivity contribution in [1.29, 1.82) is 0 Å². The highest BCUT2D eigenvalue weighted by atomic mass is 16.5. The van der Waals surface area contributed by atoms with Crippen molar-refractivity contribution in [2.24, 2.45) is 31.1 Å². The molecule has 1 aromatic rings. The Morgan fingerprint density at radius 3 is 2.69 bits per heavy atom. The minimum atomic E-state index is -0.281. The Hall–Kier alpha value is -4.25. The molecule has 2 heterocycles. The summed E-state index contributed by atoms with van der Waals surface area (Å²) in [7, 11) is 3.48. The van der Waals surface area contributed by atoms with Gasteiger partial charge in [0, 0.05) is 55.4 Å². The van der Waals surface area contributed by atoms with E-state index in [4.69, 9.17) is 10.5 Å². The third-order valence-electron chi connectivity index (χ3n) is 6.09. The van der Waals surface area contributed by atoms with Crippen molar-refractivity contribution in [3.8, 4) is 0 Å². The van der Waals surface area contributed by atoms with E-state index in [-0.39, 0.29) is 23.2 Å². The Balaban J connectivity index is 1.86. The third kappa shape index (κ3) is 7.87. The SMILES string of the molecule is C=C/N=C1/C=NC(NC2CCOC2)=N/C1=C(/N)Nc1cc(C(=O)N/C(=C/C(=N\C)C(C)(C)C)NC)ccc1C. The first kappa shape index (κ1) is 29.3. The zero-order valence-electron chi connectivity index (χ0n) is 23.6. The lowest BCUT2D eigenvalue weighted by atomic mass is 9.89.